The average Bonchev–Trinajstić information content (AvgIpc) is 3.18. The van der Waals surface area contributed by atoms with Crippen molar-refractivity contribution in [2.75, 3.05) is 20.8 Å². The maximum absolute atomic E-state index is 12.3. The zero-order valence-electron chi connectivity index (χ0n) is 14.5. The van der Waals surface area contributed by atoms with Gasteiger partial charge in [0.15, 0.2) is 5.78 Å². The second-order valence-corrected chi connectivity index (χ2v) is 6.43. The second kappa shape index (κ2) is 8.40. The van der Waals surface area contributed by atoms with Gasteiger partial charge < -0.3 is 9.47 Å². The van der Waals surface area contributed by atoms with Crippen LogP contribution in [0, 0.1) is 0 Å². The molecule has 5 nitrogen and oxygen atoms in total. The molecule has 0 unspecified atom stereocenters. The summed E-state index contributed by atoms with van der Waals surface area (Å²) in [5.74, 6) is 1.46. The maximum atomic E-state index is 12.3. The van der Waals surface area contributed by atoms with Crippen LogP contribution in [0.25, 0.3) is 10.6 Å². The zero-order valence-corrected chi connectivity index (χ0v) is 15.3. The first-order valence-corrected chi connectivity index (χ1v) is 8.79. The smallest absolute Gasteiger partial charge is 0.195 e. The van der Waals surface area contributed by atoms with Crippen LogP contribution in [-0.4, -0.2) is 37.7 Å². The van der Waals surface area contributed by atoms with E-state index in [9.17, 15) is 4.79 Å². The fourth-order valence-electron chi connectivity index (χ4n) is 2.35. The Morgan fingerprint density at radius 3 is 2.62 bits per heavy atom. The topological polar surface area (TPSA) is 60.8 Å². The molecule has 6 heteroatoms. The van der Waals surface area contributed by atoms with Crippen molar-refractivity contribution in [3.8, 4) is 22.1 Å². The molecule has 2 aromatic carbocycles. The van der Waals surface area contributed by atoms with Crippen molar-refractivity contribution < 1.29 is 14.3 Å². The number of aromatic nitrogens is 1. The Morgan fingerprint density at radius 1 is 1.12 bits per heavy atom. The predicted octanol–water partition coefficient (Wildman–Crippen LogP) is 4.13. The molecule has 0 N–H and O–H groups in total. The van der Waals surface area contributed by atoms with Crippen molar-refractivity contribution in [3.63, 3.8) is 0 Å². The molecule has 0 atom stereocenters. The third kappa shape index (κ3) is 4.15. The number of nitrogens with zero attached hydrogens (tertiary/aromatic N) is 2. The molecule has 0 aliphatic heterocycles. The highest BCUT2D eigenvalue weighted by molar-refractivity contribution is 7.17. The van der Waals surface area contributed by atoms with E-state index in [0.717, 1.165) is 27.6 Å². The predicted molar refractivity (Wildman–Crippen MR) is 104 cm³/mol. The molecule has 26 heavy (non-hydrogen) atoms. The largest absolute Gasteiger partial charge is 0.497 e. The summed E-state index contributed by atoms with van der Waals surface area (Å²) in [5.41, 5.74) is 1.79. The number of benzene rings is 2. The van der Waals surface area contributed by atoms with Gasteiger partial charge in [0.2, 0.25) is 0 Å². The standard InChI is InChI=1S/C20H18N2O3S/c1-24-15-9-7-14(8-10-15)11-21-12-17(23)19-13-22-20(26-19)16-5-3-4-6-18(16)25-2/h3-11,13H,12H2,1-2H3. The fourth-order valence-corrected chi connectivity index (χ4v) is 3.23. The number of hydrogen-bond donors (Lipinski definition) is 0. The minimum atomic E-state index is -0.0617. The van der Waals surface area contributed by atoms with Crippen LogP contribution < -0.4 is 9.47 Å². The number of para-hydroxylation sites is 1. The van der Waals surface area contributed by atoms with Crippen LogP contribution in [0.1, 0.15) is 15.2 Å². The second-order valence-electron chi connectivity index (χ2n) is 5.40. The van der Waals surface area contributed by atoms with Crippen molar-refractivity contribution in [3.05, 3.63) is 65.2 Å². The van der Waals surface area contributed by atoms with Crippen LogP contribution >= 0.6 is 11.3 Å². The summed E-state index contributed by atoms with van der Waals surface area (Å²) < 4.78 is 10.5. The number of thiazole rings is 1. The molecule has 0 amide bonds. The van der Waals surface area contributed by atoms with E-state index in [0.29, 0.717) is 4.88 Å². The van der Waals surface area contributed by atoms with E-state index in [2.05, 4.69) is 9.98 Å². The summed E-state index contributed by atoms with van der Waals surface area (Å²) in [5, 5.41) is 0.755. The SMILES string of the molecule is COc1ccc(C=NCC(=O)c2cnc(-c3ccccc3OC)s2)cc1. The van der Waals surface area contributed by atoms with Crippen LogP contribution in [0.4, 0.5) is 0 Å². The van der Waals surface area contributed by atoms with E-state index >= 15 is 0 Å². The van der Waals surface area contributed by atoms with Crippen molar-refractivity contribution in [1.29, 1.82) is 0 Å². The van der Waals surface area contributed by atoms with E-state index in [-0.39, 0.29) is 12.3 Å². The lowest BCUT2D eigenvalue weighted by molar-refractivity contribution is 0.101. The number of methoxy groups -OCH3 is 2. The summed E-state index contributed by atoms with van der Waals surface area (Å²) >= 11 is 1.34. The van der Waals surface area contributed by atoms with Crippen LogP contribution in [0.3, 0.4) is 0 Å². The third-order valence-electron chi connectivity index (χ3n) is 3.71. The van der Waals surface area contributed by atoms with E-state index in [1.54, 1.807) is 26.6 Å². The molecule has 0 bridgehead atoms. The summed E-state index contributed by atoms with van der Waals surface area (Å²) in [6.45, 7) is 0.0829. The monoisotopic (exact) mass is 366 g/mol. The molecule has 0 spiro atoms. The van der Waals surface area contributed by atoms with Gasteiger partial charge in [0, 0.05) is 12.4 Å². The lowest BCUT2D eigenvalue weighted by Gasteiger charge is -2.04. The summed E-state index contributed by atoms with van der Waals surface area (Å²) in [4.78, 5) is 21.5. The van der Waals surface area contributed by atoms with Crippen molar-refractivity contribution >= 4 is 23.3 Å². The Labute approximate surface area is 156 Å². The van der Waals surface area contributed by atoms with Crippen LogP contribution in [-0.2, 0) is 0 Å². The summed E-state index contributed by atoms with van der Waals surface area (Å²) in [6.07, 6.45) is 3.27. The molecule has 3 rings (SSSR count). The van der Waals surface area contributed by atoms with Gasteiger partial charge in [0.05, 0.1) is 24.7 Å². The Balaban J connectivity index is 1.67. The summed E-state index contributed by atoms with van der Waals surface area (Å²) in [7, 11) is 3.24. The molecule has 1 heterocycles. The van der Waals surface area contributed by atoms with Gasteiger partial charge in [0.1, 0.15) is 23.1 Å². The number of rotatable bonds is 7. The van der Waals surface area contributed by atoms with Crippen LogP contribution in [0.15, 0.2) is 59.7 Å². The van der Waals surface area contributed by atoms with Gasteiger partial charge in [-0.15, -0.1) is 11.3 Å². The number of ether oxygens (including phenoxy) is 2. The number of hydrogen-bond acceptors (Lipinski definition) is 6. The van der Waals surface area contributed by atoms with Crippen LogP contribution in [0.5, 0.6) is 11.5 Å². The highest BCUT2D eigenvalue weighted by Crippen LogP contribution is 2.32. The Hall–Kier alpha value is -2.99. The molecule has 0 aliphatic rings. The zero-order chi connectivity index (χ0) is 18.4. The first kappa shape index (κ1) is 17.8. The number of Topliss-reactive ketones (excluding diaryl/α,β-unsaturated/α-hetero) is 1. The minimum Gasteiger partial charge on any atom is -0.497 e. The van der Waals surface area contributed by atoms with E-state index < -0.39 is 0 Å². The number of carbonyl (C=O) groups excluding carboxylic acids is 1. The quantitative estimate of drug-likeness (QED) is 0.466. The molecule has 0 saturated carbocycles. The highest BCUT2D eigenvalue weighted by atomic mass is 32.1. The van der Waals surface area contributed by atoms with Crippen molar-refractivity contribution in [1.82, 2.24) is 4.98 Å². The number of carbonyl (C=O) groups is 1. The lowest BCUT2D eigenvalue weighted by atomic mass is 10.2. The Bertz CT molecular complexity index is 917. The Kier molecular flexibility index (Phi) is 5.76. The van der Waals surface area contributed by atoms with Crippen molar-refractivity contribution in [2.24, 2.45) is 4.99 Å². The summed E-state index contributed by atoms with van der Waals surface area (Å²) in [6, 6.07) is 15.1. The van der Waals surface area contributed by atoms with Gasteiger partial charge in [-0.25, -0.2) is 4.98 Å². The van der Waals surface area contributed by atoms with Gasteiger partial charge in [-0.1, -0.05) is 12.1 Å². The molecular weight excluding hydrogens is 348 g/mol. The lowest BCUT2D eigenvalue weighted by Crippen LogP contribution is -2.01. The van der Waals surface area contributed by atoms with Gasteiger partial charge in [-0.3, -0.25) is 9.79 Å². The fraction of sp³-hybridized carbons (Fsp3) is 0.150. The minimum absolute atomic E-state index is 0.0617. The van der Waals surface area contributed by atoms with E-state index in [1.165, 1.54) is 11.3 Å². The first-order chi connectivity index (χ1) is 12.7. The normalized spacial score (nSPS) is 10.8. The molecule has 132 valence electrons. The van der Waals surface area contributed by atoms with E-state index in [4.69, 9.17) is 9.47 Å². The Morgan fingerprint density at radius 2 is 1.88 bits per heavy atom. The molecule has 0 aliphatic carbocycles. The highest BCUT2D eigenvalue weighted by Gasteiger charge is 2.13. The van der Waals surface area contributed by atoms with Gasteiger partial charge in [-0.05, 0) is 42.0 Å². The van der Waals surface area contributed by atoms with Crippen LogP contribution in [0.2, 0.25) is 0 Å². The molecule has 3 aromatic rings. The number of aliphatic imine (C=N–C) groups is 1. The first-order valence-electron chi connectivity index (χ1n) is 7.97. The third-order valence-corrected chi connectivity index (χ3v) is 4.78. The molecule has 0 radical (unpaired) electrons. The molecule has 1 aromatic heterocycles. The molecule has 0 fully saturated rings. The van der Waals surface area contributed by atoms with Crippen molar-refractivity contribution in [2.45, 2.75) is 0 Å². The molecular formula is C20H18N2O3S. The van der Waals surface area contributed by atoms with Gasteiger partial charge >= 0.3 is 0 Å². The van der Waals surface area contributed by atoms with Gasteiger partial charge in [-0.2, -0.15) is 0 Å². The maximum Gasteiger partial charge on any atom is 0.195 e. The number of ketones is 1. The average molecular weight is 366 g/mol. The van der Waals surface area contributed by atoms with Gasteiger partial charge in [0.25, 0.3) is 0 Å². The van der Waals surface area contributed by atoms with E-state index in [1.807, 2.05) is 48.5 Å². The molecule has 0 saturated heterocycles.